The number of benzene rings is 1. The Kier molecular flexibility index (Phi) is 4.57. The second-order valence-corrected chi connectivity index (χ2v) is 4.77. The summed E-state index contributed by atoms with van der Waals surface area (Å²) in [5.74, 6) is -0.164. The number of ether oxygens (including phenoxy) is 1. The van der Waals surface area contributed by atoms with Crippen LogP contribution in [-0.4, -0.2) is 31.5 Å². The average Bonchev–Trinajstić information content (AvgIpc) is 2.48. The minimum atomic E-state index is -0.543. The Balaban J connectivity index is 2.15. The highest BCUT2D eigenvalue weighted by molar-refractivity contribution is 5.99. The van der Waals surface area contributed by atoms with E-state index in [4.69, 9.17) is 10.5 Å². The van der Waals surface area contributed by atoms with E-state index in [0.29, 0.717) is 17.0 Å². The minimum absolute atomic E-state index is 0.121. The molecule has 108 valence electrons. The van der Waals surface area contributed by atoms with E-state index in [0.717, 1.165) is 25.8 Å². The molecule has 1 fully saturated rings. The lowest BCUT2D eigenvalue weighted by Gasteiger charge is -2.23. The fourth-order valence-corrected chi connectivity index (χ4v) is 2.25. The highest BCUT2D eigenvalue weighted by Gasteiger charge is 2.21. The van der Waals surface area contributed by atoms with Gasteiger partial charge in [-0.05, 0) is 37.6 Å². The number of anilines is 1. The van der Waals surface area contributed by atoms with Crippen molar-refractivity contribution < 1.29 is 14.3 Å². The maximum absolute atomic E-state index is 12.2. The molecule has 0 saturated carbocycles. The predicted molar refractivity (Wildman–Crippen MR) is 75.8 cm³/mol. The Morgan fingerprint density at radius 3 is 2.80 bits per heavy atom. The summed E-state index contributed by atoms with van der Waals surface area (Å²) in [6, 6.07) is 4.51. The molecule has 1 saturated heterocycles. The molecule has 20 heavy (non-hydrogen) atoms. The zero-order chi connectivity index (χ0) is 14.5. The number of hydrogen-bond donors (Lipinski definition) is 3. The molecule has 1 aromatic carbocycles. The van der Waals surface area contributed by atoms with E-state index in [1.165, 1.54) is 13.2 Å². The van der Waals surface area contributed by atoms with Gasteiger partial charge < -0.3 is 21.1 Å². The van der Waals surface area contributed by atoms with Crippen molar-refractivity contribution in [2.45, 2.75) is 25.3 Å². The molecule has 0 bridgehead atoms. The Morgan fingerprint density at radius 1 is 1.40 bits per heavy atom. The van der Waals surface area contributed by atoms with Crippen LogP contribution in [0.1, 0.15) is 29.6 Å². The summed E-state index contributed by atoms with van der Waals surface area (Å²) in [4.78, 5) is 23.4. The number of carbonyl (C=O) groups is 2. The van der Waals surface area contributed by atoms with Gasteiger partial charge in [0.1, 0.15) is 5.75 Å². The monoisotopic (exact) mass is 277 g/mol. The molecule has 1 heterocycles. The van der Waals surface area contributed by atoms with E-state index >= 15 is 0 Å². The molecule has 1 aromatic rings. The van der Waals surface area contributed by atoms with Crippen molar-refractivity contribution in [3.05, 3.63) is 23.8 Å². The Labute approximate surface area is 117 Å². The average molecular weight is 277 g/mol. The summed E-state index contributed by atoms with van der Waals surface area (Å²) < 4.78 is 5.18. The van der Waals surface area contributed by atoms with Crippen LogP contribution < -0.4 is 21.1 Å². The predicted octanol–water partition coefficient (Wildman–Crippen LogP) is 0.875. The molecular formula is C14H19N3O3. The zero-order valence-corrected chi connectivity index (χ0v) is 11.4. The number of hydrogen-bond acceptors (Lipinski definition) is 4. The third-order valence-corrected chi connectivity index (χ3v) is 3.37. The van der Waals surface area contributed by atoms with Crippen LogP contribution in [0.25, 0.3) is 0 Å². The molecule has 1 atom stereocenters. The van der Waals surface area contributed by atoms with E-state index < -0.39 is 5.91 Å². The molecule has 0 radical (unpaired) electrons. The molecular weight excluding hydrogens is 258 g/mol. The molecule has 6 nitrogen and oxygen atoms in total. The van der Waals surface area contributed by atoms with Crippen molar-refractivity contribution in [3.8, 4) is 5.75 Å². The standard InChI is InChI=1S/C14H19N3O3/c1-20-12-6-5-9(13(15)18)8-11(12)17-14(19)10-4-2-3-7-16-10/h5-6,8,10,16H,2-4,7H2,1H3,(H2,15,18)(H,17,19)/t10-/m1/s1. The van der Waals surface area contributed by atoms with Crippen molar-refractivity contribution >= 4 is 17.5 Å². The van der Waals surface area contributed by atoms with Gasteiger partial charge in [-0.25, -0.2) is 0 Å². The first-order chi connectivity index (χ1) is 9.61. The topological polar surface area (TPSA) is 93.4 Å². The summed E-state index contributed by atoms with van der Waals surface area (Å²) in [7, 11) is 1.51. The molecule has 0 spiro atoms. The summed E-state index contributed by atoms with van der Waals surface area (Å²) in [5.41, 5.74) is 6.03. The van der Waals surface area contributed by atoms with E-state index in [1.807, 2.05) is 0 Å². The third-order valence-electron chi connectivity index (χ3n) is 3.37. The highest BCUT2D eigenvalue weighted by Crippen LogP contribution is 2.26. The lowest BCUT2D eigenvalue weighted by Crippen LogP contribution is -2.43. The van der Waals surface area contributed by atoms with Crippen LogP contribution in [0.2, 0.25) is 0 Å². The quantitative estimate of drug-likeness (QED) is 0.761. The van der Waals surface area contributed by atoms with Gasteiger partial charge in [0.25, 0.3) is 0 Å². The van der Waals surface area contributed by atoms with Crippen LogP contribution >= 0.6 is 0 Å². The Hall–Kier alpha value is -2.08. The number of rotatable bonds is 4. The first-order valence-electron chi connectivity index (χ1n) is 6.64. The van der Waals surface area contributed by atoms with Crippen molar-refractivity contribution in [2.24, 2.45) is 5.73 Å². The second-order valence-electron chi connectivity index (χ2n) is 4.77. The molecule has 2 rings (SSSR count). The van der Waals surface area contributed by atoms with Crippen LogP contribution in [0.5, 0.6) is 5.75 Å². The fraction of sp³-hybridized carbons (Fsp3) is 0.429. The molecule has 6 heteroatoms. The number of nitrogens with one attached hydrogen (secondary N) is 2. The summed E-state index contributed by atoms with van der Waals surface area (Å²) in [6.07, 6.45) is 2.93. The van der Waals surface area contributed by atoms with Gasteiger partial charge in [-0.15, -0.1) is 0 Å². The lowest BCUT2D eigenvalue weighted by molar-refractivity contribution is -0.118. The van der Waals surface area contributed by atoms with Gasteiger partial charge in [0, 0.05) is 5.56 Å². The van der Waals surface area contributed by atoms with Crippen molar-refractivity contribution in [1.82, 2.24) is 5.32 Å². The van der Waals surface area contributed by atoms with Crippen LogP contribution in [0.15, 0.2) is 18.2 Å². The summed E-state index contributed by atoms with van der Waals surface area (Å²) in [5, 5.41) is 5.96. The first-order valence-corrected chi connectivity index (χ1v) is 6.64. The largest absolute Gasteiger partial charge is 0.495 e. The van der Waals surface area contributed by atoms with Gasteiger partial charge in [-0.1, -0.05) is 6.42 Å². The van der Waals surface area contributed by atoms with Gasteiger partial charge in [-0.2, -0.15) is 0 Å². The molecule has 2 amide bonds. The minimum Gasteiger partial charge on any atom is -0.495 e. The number of piperidine rings is 1. The van der Waals surface area contributed by atoms with Crippen LogP contribution in [0, 0.1) is 0 Å². The molecule has 1 aliphatic rings. The Morgan fingerprint density at radius 2 is 2.20 bits per heavy atom. The van der Waals surface area contributed by atoms with Gasteiger partial charge in [0.05, 0.1) is 18.8 Å². The molecule has 1 aliphatic heterocycles. The van der Waals surface area contributed by atoms with Gasteiger partial charge in [-0.3, -0.25) is 9.59 Å². The third kappa shape index (κ3) is 3.27. The van der Waals surface area contributed by atoms with Crippen LogP contribution in [0.3, 0.4) is 0 Å². The van der Waals surface area contributed by atoms with Gasteiger partial charge >= 0.3 is 0 Å². The zero-order valence-electron chi connectivity index (χ0n) is 11.4. The summed E-state index contributed by atoms with van der Waals surface area (Å²) in [6.45, 7) is 0.844. The van der Waals surface area contributed by atoms with Crippen molar-refractivity contribution in [2.75, 3.05) is 19.0 Å². The van der Waals surface area contributed by atoms with E-state index in [9.17, 15) is 9.59 Å². The SMILES string of the molecule is COc1ccc(C(N)=O)cc1NC(=O)[C@H]1CCCCN1. The normalized spacial score (nSPS) is 18.4. The van der Waals surface area contributed by atoms with E-state index in [-0.39, 0.29) is 11.9 Å². The van der Waals surface area contributed by atoms with E-state index in [1.54, 1.807) is 12.1 Å². The maximum Gasteiger partial charge on any atom is 0.248 e. The molecule has 4 N–H and O–H groups in total. The van der Waals surface area contributed by atoms with Crippen molar-refractivity contribution in [1.29, 1.82) is 0 Å². The Bertz CT molecular complexity index is 510. The van der Waals surface area contributed by atoms with E-state index in [2.05, 4.69) is 10.6 Å². The number of methoxy groups -OCH3 is 1. The lowest BCUT2D eigenvalue weighted by atomic mass is 10.0. The number of carbonyl (C=O) groups excluding carboxylic acids is 2. The molecule has 0 unspecified atom stereocenters. The fourth-order valence-electron chi connectivity index (χ4n) is 2.25. The highest BCUT2D eigenvalue weighted by atomic mass is 16.5. The first kappa shape index (κ1) is 14.3. The van der Waals surface area contributed by atoms with Crippen LogP contribution in [-0.2, 0) is 4.79 Å². The summed E-state index contributed by atoms with van der Waals surface area (Å²) >= 11 is 0. The van der Waals surface area contributed by atoms with Crippen molar-refractivity contribution in [3.63, 3.8) is 0 Å². The van der Waals surface area contributed by atoms with Crippen LogP contribution in [0.4, 0.5) is 5.69 Å². The molecule has 0 aliphatic carbocycles. The number of amides is 2. The second kappa shape index (κ2) is 6.38. The number of primary amides is 1. The molecule has 0 aromatic heterocycles. The van der Waals surface area contributed by atoms with Gasteiger partial charge in [0.2, 0.25) is 11.8 Å². The van der Waals surface area contributed by atoms with Gasteiger partial charge in [0.15, 0.2) is 0 Å². The maximum atomic E-state index is 12.2. The smallest absolute Gasteiger partial charge is 0.248 e. The number of nitrogens with two attached hydrogens (primary N) is 1.